The van der Waals surface area contributed by atoms with Crippen molar-refractivity contribution >= 4 is 11.5 Å². The lowest BCUT2D eigenvalue weighted by Crippen LogP contribution is -2.34. The Labute approximate surface area is 188 Å². The quantitative estimate of drug-likeness (QED) is 0.448. The van der Waals surface area contributed by atoms with Gasteiger partial charge in [0, 0.05) is 48.6 Å². The molecule has 1 unspecified atom stereocenters. The number of hydrogen-bond acceptors (Lipinski definition) is 6. The molecule has 1 aromatic carbocycles. The van der Waals surface area contributed by atoms with E-state index in [2.05, 4.69) is 26.3 Å². The first-order valence-electron chi connectivity index (χ1n) is 11.1. The van der Waals surface area contributed by atoms with Gasteiger partial charge in [0.05, 0.1) is 11.7 Å². The van der Waals surface area contributed by atoms with Gasteiger partial charge in [0.1, 0.15) is 11.6 Å². The lowest BCUT2D eigenvalue weighted by atomic mass is 10.00. The van der Waals surface area contributed by atoms with Crippen molar-refractivity contribution in [2.24, 2.45) is 0 Å². The summed E-state index contributed by atoms with van der Waals surface area (Å²) in [7, 11) is 0. The normalized spacial score (nSPS) is 16.6. The summed E-state index contributed by atoms with van der Waals surface area (Å²) in [5.74, 6) is 1.67. The largest absolute Gasteiger partial charge is 0.340 e. The van der Waals surface area contributed by atoms with Crippen molar-refractivity contribution in [3.8, 4) is 11.3 Å². The van der Waals surface area contributed by atoms with E-state index in [1.54, 1.807) is 12.4 Å². The lowest BCUT2D eigenvalue weighted by Gasteiger charge is -2.35. The number of hydrogen-bond donors (Lipinski definition) is 1. The maximum Gasteiger partial charge on any atom is 0.148 e. The Morgan fingerprint density at radius 1 is 0.875 bits per heavy atom. The summed E-state index contributed by atoms with van der Waals surface area (Å²) < 4.78 is 0. The highest BCUT2D eigenvalue weighted by molar-refractivity contribution is 5.65. The van der Waals surface area contributed by atoms with E-state index in [-0.39, 0.29) is 6.04 Å². The molecule has 0 bridgehead atoms. The highest BCUT2D eigenvalue weighted by Crippen LogP contribution is 2.32. The summed E-state index contributed by atoms with van der Waals surface area (Å²) in [6, 6.07) is 20.4. The number of pyridine rings is 2. The second-order valence-corrected chi connectivity index (χ2v) is 8.07. The number of aromatic nitrogens is 4. The van der Waals surface area contributed by atoms with Crippen molar-refractivity contribution in [1.82, 2.24) is 24.8 Å². The van der Waals surface area contributed by atoms with Crippen LogP contribution in [0.5, 0.6) is 0 Å². The third-order valence-corrected chi connectivity index (χ3v) is 5.79. The van der Waals surface area contributed by atoms with Crippen LogP contribution in [-0.4, -0.2) is 31.4 Å². The van der Waals surface area contributed by atoms with Gasteiger partial charge in [-0.05, 0) is 55.3 Å². The maximum absolute atomic E-state index is 5.02. The predicted molar refractivity (Wildman–Crippen MR) is 126 cm³/mol. The van der Waals surface area contributed by atoms with Gasteiger partial charge < -0.3 is 5.32 Å². The van der Waals surface area contributed by atoms with E-state index in [0.717, 1.165) is 48.1 Å². The highest BCUT2D eigenvalue weighted by atomic mass is 15.2. The first kappa shape index (κ1) is 20.3. The third kappa shape index (κ3) is 4.81. The molecule has 1 atom stereocenters. The predicted octanol–water partition coefficient (Wildman–Crippen LogP) is 5.40. The van der Waals surface area contributed by atoms with Gasteiger partial charge in [-0.2, -0.15) is 0 Å². The van der Waals surface area contributed by atoms with Crippen LogP contribution in [-0.2, 0) is 6.54 Å². The zero-order valence-electron chi connectivity index (χ0n) is 17.9. The summed E-state index contributed by atoms with van der Waals surface area (Å²) in [4.78, 5) is 20.9. The Bertz CT molecular complexity index is 1130. The molecule has 4 aromatic rings. The van der Waals surface area contributed by atoms with Crippen molar-refractivity contribution in [3.63, 3.8) is 0 Å². The molecule has 6 nitrogen and oxygen atoms in total. The fourth-order valence-electron chi connectivity index (χ4n) is 4.22. The van der Waals surface area contributed by atoms with Crippen LogP contribution in [0.4, 0.5) is 11.5 Å². The Morgan fingerprint density at radius 2 is 1.75 bits per heavy atom. The summed E-state index contributed by atoms with van der Waals surface area (Å²) in [6.45, 7) is 1.88. The molecule has 0 saturated carbocycles. The van der Waals surface area contributed by atoms with E-state index < -0.39 is 0 Å². The van der Waals surface area contributed by atoms with Crippen LogP contribution in [0.25, 0.3) is 11.3 Å². The Kier molecular flexibility index (Phi) is 6.12. The molecule has 4 heterocycles. The zero-order valence-corrected chi connectivity index (χ0v) is 17.9. The van der Waals surface area contributed by atoms with Crippen molar-refractivity contribution < 1.29 is 0 Å². The summed E-state index contributed by atoms with van der Waals surface area (Å²) in [5, 5.41) is 3.46. The van der Waals surface area contributed by atoms with E-state index in [9.17, 15) is 0 Å². The molecule has 5 rings (SSSR count). The third-order valence-electron chi connectivity index (χ3n) is 5.79. The molecule has 0 spiro atoms. The average Bonchev–Trinajstić information content (AvgIpc) is 2.86. The van der Waals surface area contributed by atoms with Gasteiger partial charge in [0.15, 0.2) is 0 Å². The smallest absolute Gasteiger partial charge is 0.148 e. The van der Waals surface area contributed by atoms with Crippen molar-refractivity contribution in [2.45, 2.75) is 31.8 Å². The fourth-order valence-corrected chi connectivity index (χ4v) is 4.22. The van der Waals surface area contributed by atoms with Gasteiger partial charge in [-0.15, -0.1) is 0 Å². The molecule has 0 amide bonds. The van der Waals surface area contributed by atoms with Gasteiger partial charge in [0.2, 0.25) is 0 Å². The minimum Gasteiger partial charge on any atom is -0.340 e. The maximum atomic E-state index is 5.02. The molecule has 1 N–H and O–H groups in total. The topological polar surface area (TPSA) is 66.8 Å². The molecule has 0 radical (unpaired) electrons. The van der Waals surface area contributed by atoms with Crippen LogP contribution in [0.1, 0.15) is 36.7 Å². The van der Waals surface area contributed by atoms with Crippen molar-refractivity contribution in [2.75, 3.05) is 11.9 Å². The molecule has 1 saturated heterocycles. The summed E-state index contributed by atoms with van der Waals surface area (Å²) >= 11 is 0. The van der Waals surface area contributed by atoms with Gasteiger partial charge in [-0.3, -0.25) is 14.9 Å². The van der Waals surface area contributed by atoms with Crippen LogP contribution in [0.3, 0.4) is 0 Å². The molecular weight excluding hydrogens is 396 g/mol. The van der Waals surface area contributed by atoms with Gasteiger partial charge >= 0.3 is 0 Å². The van der Waals surface area contributed by atoms with E-state index in [1.807, 2.05) is 67.0 Å². The molecule has 3 aromatic heterocycles. The molecule has 32 heavy (non-hydrogen) atoms. The Morgan fingerprint density at radius 3 is 2.56 bits per heavy atom. The number of anilines is 2. The van der Waals surface area contributed by atoms with E-state index in [0.29, 0.717) is 0 Å². The molecule has 6 heteroatoms. The number of rotatable bonds is 6. The first-order chi connectivity index (χ1) is 15.8. The first-order valence-corrected chi connectivity index (χ1v) is 11.1. The van der Waals surface area contributed by atoms with Crippen LogP contribution in [0.15, 0.2) is 85.5 Å². The molecule has 160 valence electrons. The van der Waals surface area contributed by atoms with Crippen molar-refractivity contribution in [3.05, 3.63) is 96.8 Å². The van der Waals surface area contributed by atoms with Gasteiger partial charge in [-0.25, -0.2) is 9.97 Å². The van der Waals surface area contributed by atoms with Crippen LogP contribution in [0, 0.1) is 0 Å². The van der Waals surface area contributed by atoms with Crippen LogP contribution < -0.4 is 5.32 Å². The van der Waals surface area contributed by atoms with Crippen molar-refractivity contribution in [1.29, 1.82) is 0 Å². The second-order valence-electron chi connectivity index (χ2n) is 8.07. The van der Waals surface area contributed by atoms with Crippen LogP contribution in [0.2, 0.25) is 0 Å². The van der Waals surface area contributed by atoms with Crippen LogP contribution >= 0.6 is 0 Å². The van der Waals surface area contributed by atoms with E-state index in [4.69, 9.17) is 9.97 Å². The van der Waals surface area contributed by atoms with E-state index in [1.165, 1.54) is 18.4 Å². The second kappa shape index (κ2) is 9.66. The number of likely N-dealkylation sites (tertiary alicyclic amines) is 1. The molecule has 1 aliphatic rings. The highest BCUT2D eigenvalue weighted by Gasteiger charge is 2.27. The Hall–Kier alpha value is -3.64. The molecular formula is C26H26N6. The van der Waals surface area contributed by atoms with Gasteiger partial charge in [0.25, 0.3) is 0 Å². The monoisotopic (exact) mass is 422 g/mol. The average molecular weight is 423 g/mol. The number of piperidine rings is 1. The SMILES string of the molecule is c1ccc(Nc2cc(-c3ccncc3)nc(C3CCCCN3Cc3cccnc3)n2)cc1. The lowest BCUT2D eigenvalue weighted by molar-refractivity contribution is 0.134. The minimum absolute atomic E-state index is 0.169. The van der Waals surface area contributed by atoms with Gasteiger partial charge in [-0.1, -0.05) is 30.7 Å². The fraction of sp³-hybridized carbons (Fsp3) is 0.231. The Balaban J connectivity index is 1.51. The summed E-state index contributed by atoms with van der Waals surface area (Å²) in [5.41, 5.74) is 4.16. The standard InChI is InChI=1S/C26H26N6/c1-2-8-22(9-3-1)29-25-17-23(21-11-14-27-15-12-21)30-26(31-25)24-10-4-5-16-32(24)19-20-7-6-13-28-18-20/h1-3,6-9,11-15,17-18,24H,4-5,10,16,19H2,(H,29,30,31). The molecule has 1 aliphatic heterocycles. The number of nitrogens with zero attached hydrogens (tertiary/aromatic N) is 5. The minimum atomic E-state index is 0.169. The number of nitrogens with one attached hydrogen (secondary N) is 1. The molecule has 0 aliphatic carbocycles. The summed E-state index contributed by atoms with van der Waals surface area (Å²) in [6.07, 6.45) is 10.8. The van der Waals surface area contributed by atoms with E-state index >= 15 is 0 Å². The number of para-hydroxylation sites is 1. The molecule has 1 fully saturated rings. The number of benzene rings is 1. The zero-order chi connectivity index (χ0) is 21.6.